The van der Waals surface area contributed by atoms with Crippen LogP contribution in [0.2, 0.25) is 18.1 Å². The largest absolute Gasteiger partial charge is 0.484 e. The number of nitrogens with zero attached hydrogens (tertiary/aromatic N) is 1. The number of rotatable bonds is 4. The van der Waals surface area contributed by atoms with Gasteiger partial charge in [-0.2, -0.15) is 0 Å². The van der Waals surface area contributed by atoms with Gasteiger partial charge in [0.1, 0.15) is 0 Å². The summed E-state index contributed by atoms with van der Waals surface area (Å²) in [4.78, 5) is 4.64. The average Bonchev–Trinajstić information content (AvgIpc) is 2.67. The van der Waals surface area contributed by atoms with Crippen molar-refractivity contribution in [3.05, 3.63) is 0 Å². The van der Waals surface area contributed by atoms with Crippen LogP contribution in [0.4, 0.5) is 0 Å². The fourth-order valence-electron chi connectivity index (χ4n) is 1.94. The summed E-state index contributed by atoms with van der Waals surface area (Å²) >= 11 is 0. The molecule has 1 heterocycles. The van der Waals surface area contributed by atoms with Gasteiger partial charge in [-0.05, 0) is 24.1 Å². The van der Waals surface area contributed by atoms with Crippen molar-refractivity contribution in [2.45, 2.75) is 64.7 Å². The van der Waals surface area contributed by atoms with Crippen LogP contribution in [0.3, 0.4) is 0 Å². The Labute approximate surface area is 113 Å². The Morgan fingerprint density at radius 1 is 1.33 bits per heavy atom. The molecule has 1 aliphatic heterocycles. The standard InChI is InChI=1S/C14H29NO2Si/c1-8-11-9-13(16-5)15-12(11)10-17-18(6,7)14(2,3)4/h11-12H,8-10H2,1-7H3/t11-,12+/m0/s1. The summed E-state index contributed by atoms with van der Waals surface area (Å²) in [7, 11) is 0.0539. The molecule has 18 heavy (non-hydrogen) atoms. The number of methoxy groups -OCH3 is 1. The molecule has 0 saturated carbocycles. The van der Waals surface area contributed by atoms with Crippen LogP contribution in [-0.4, -0.2) is 34.0 Å². The van der Waals surface area contributed by atoms with Gasteiger partial charge >= 0.3 is 0 Å². The minimum absolute atomic E-state index is 0.265. The van der Waals surface area contributed by atoms with Crippen LogP contribution >= 0.6 is 0 Å². The van der Waals surface area contributed by atoms with Crippen LogP contribution < -0.4 is 0 Å². The van der Waals surface area contributed by atoms with Crippen LogP contribution in [0.1, 0.15) is 40.5 Å². The Morgan fingerprint density at radius 3 is 2.39 bits per heavy atom. The van der Waals surface area contributed by atoms with E-state index < -0.39 is 8.32 Å². The lowest BCUT2D eigenvalue weighted by Crippen LogP contribution is -2.43. The van der Waals surface area contributed by atoms with Gasteiger partial charge in [-0.3, -0.25) is 0 Å². The molecule has 0 aromatic rings. The molecule has 106 valence electrons. The van der Waals surface area contributed by atoms with E-state index >= 15 is 0 Å². The van der Waals surface area contributed by atoms with Crippen LogP contribution in [0.25, 0.3) is 0 Å². The Morgan fingerprint density at radius 2 is 1.94 bits per heavy atom. The second-order valence-electron chi connectivity index (χ2n) is 6.74. The molecule has 2 atom stereocenters. The van der Waals surface area contributed by atoms with E-state index in [1.807, 2.05) is 0 Å². The highest BCUT2D eigenvalue weighted by Gasteiger charge is 2.39. The van der Waals surface area contributed by atoms with Crippen molar-refractivity contribution in [3.63, 3.8) is 0 Å². The zero-order chi connectivity index (χ0) is 14.0. The van der Waals surface area contributed by atoms with Crippen molar-refractivity contribution in [1.29, 1.82) is 0 Å². The quantitative estimate of drug-likeness (QED) is 0.727. The zero-order valence-electron chi connectivity index (χ0n) is 13.0. The van der Waals surface area contributed by atoms with Crippen molar-refractivity contribution in [3.8, 4) is 0 Å². The van der Waals surface area contributed by atoms with Crippen LogP contribution in [0.15, 0.2) is 4.99 Å². The van der Waals surface area contributed by atoms with E-state index in [1.165, 1.54) is 0 Å². The Kier molecular flexibility index (Phi) is 5.01. The predicted molar refractivity (Wildman–Crippen MR) is 79.8 cm³/mol. The molecular formula is C14H29NO2Si. The number of hydrogen-bond acceptors (Lipinski definition) is 3. The van der Waals surface area contributed by atoms with Gasteiger partial charge in [-0.15, -0.1) is 0 Å². The molecule has 0 N–H and O–H groups in total. The molecule has 0 aromatic carbocycles. The van der Waals surface area contributed by atoms with E-state index in [9.17, 15) is 0 Å². The smallest absolute Gasteiger partial charge is 0.192 e. The Balaban J connectivity index is 2.60. The SMILES string of the molecule is CC[C@H]1CC(OC)=N[C@@H]1CO[Si](C)(C)C(C)(C)C. The van der Waals surface area contributed by atoms with Gasteiger partial charge in [-0.1, -0.05) is 34.1 Å². The molecule has 0 aromatic heterocycles. The third-order valence-corrected chi connectivity index (χ3v) is 8.97. The van der Waals surface area contributed by atoms with Crippen molar-refractivity contribution < 1.29 is 9.16 Å². The zero-order valence-corrected chi connectivity index (χ0v) is 14.0. The first-order valence-corrected chi connectivity index (χ1v) is 9.86. The van der Waals surface area contributed by atoms with E-state index in [0.29, 0.717) is 12.0 Å². The molecule has 1 rings (SSSR count). The molecule has 0 spiro atoms. The van der Waals surface area contributed by atoms with Crippen molar-refractivity contribution in [1.82, 2.24) is 0 Å². The van der Waals surface area contributed by atoms with Crippen LogP contribution in [-0.2, 0) is 9.16 Å². The van der Waals surface area contributed by atoms with Gasteiger partial charge in [0.05, 0.1) is 19.8 Å². The van der Waals surface area contributed by atoms with E-state index in [-0.39, 0.29) is 5.04 Å². The van der Waals surface area contributed by atoms with Crippen molar-refractivity contribution >= 4 is 14.2 Å². The van der Waals surface area contributed by atoms with Crippen LogP contribution in [0.5, 0.6) is 0 Å². The van der Waals surface area contributed by atoms with Gasteiger partial charge in [-0.25, -0.2) is 4.99 Å². The normalized spacial score (nSPS) is 25.2. The minimum atomic E-state index is -1.66. The highest BCUT2D eigenvalue weighted by molar-refractivity contribution is 6.74. The molecule has 1 aliphatic rings. The van der Waals surface area contributed by atoms with Gasteiger partial charge in [0.2, 0.25) is 0 Å². The lowest BCUT2D eigenvalue weighted by atomic mass is 9.98. The summed E-state index contributed by atoms with van der Waals surface area (Å²) in [6.45, 7) is 14.4. The number of aliphatic imine (C=N–C) groups is 1. The van der Waals surface area contributed by atoms with E-state index in [1.54, 1.807) is 7.11 Å². The van der Waals surface area contributed by atoms with Gasteiger partial charge in [0.25, 0.3) is 0 Å². The van der Waals surface area contributed by atoms with Crippen molar-refractivity contribution in [2.75, 3.05) is 13.7 Å². The lowest BCUT2D eigenvalue weighted by Gasteiger charge is -2.37. The molecule has 0 radical (unpaired) electrons. The maximum atomic E-state index is 6.28. The minimum Gasteiger partial charge on any atom is -0.484 e. The fourth-order valence-corrected chi connectivity index (χ4v) is 2.96. The molecule has 0 saturated heterocycles. The van der Waals surface area contributed by atoms with Crippen LogP contribution in [0, 0.1) is 5.92 Å². The maximum absolute atomic E-state index is 6.28. The average molecular weight is 271 g/mol. The molecule has 4 heteroatoms. The Bertz CT molecular complexity index is 307. The molecule has 0 aliphatic carbocycles. The van der Waals surface area contributed by atoms with Gasteiger partial charge in [0.15, 0.2) is 14.2 Å². The highest BCUT2D eigenvalue weighted by atomic mass is 28.4. The first kappa shape index (κ1) is 15.7. The molecule has 0 unspecified atom stereocenters. The second-order valence-corrected chi connectivity index (χ2v) is 11.5. The van der Waals surface area contributed by atoms with Crippen molar-refractivity contribution in [2.24, 2.45) is 10.9 Å². The fraction of sp³-hybridized carbons (Fsp3) is 0.929. The third kappa shape index (κ3) is 3.57. The maximum Gasteiger partial charge on any atom is 0.192 e. The second kappa shape index (κ2) is 5.74. The monoisotopic (exact) mass is 271 g/mol. The molecule has 0 bridgehead atoms. The first-order valence-electron chi connectivity index (χ1n) is 6.96. The lowest BCUT2D eigenvalue weighted by molar-refractivity contribution is 0.235. The van der Waals surface area contributed by atoms with Gasteiger partial charge in [0, 0.05) is 6.42 Å². The summed E-state index contributed by atoms with van der Waals surface area (Å²) in [5.74, 6) is 1.48. The van der Waals surface area contributed by atoms with E-state index in [2.05, 4.69) is 45.8 Å². The summed E-state index contributed by atoms with van der Waals surface area (Å²) in [5, 5.41) is 0.265. The number of hydrogen-bond donors (Lipinski definition) is 0. The number of ether oxygens (including phenoxy) is 1. The van der Waals surface area contributed by atoms with E-state index in [0.717, 1.165) is 25.3 Å². The molecule has 0 fully saturated rings. The summed E-state index contributed by atoms with van der Waals surface area (Å²) in [5.41, 5.74) is 0. The third-order valence-electron chi connectivity index (χ3n) is 4.47. The van der Waals surface area contributed by atoms with Gasteiger partial charge < -0.3 is 9.16 Å². The Hall–Kier alpha value is -0.353. The first-order chi connectivity index (χ1) is 8.21. The molecule has 0 amide bonds. The molecule has 3 nitrogen and oxygen atoms in total. The summed E-state index contributed by atoms with van der Waals surface area (Å²) in [6, 6.07) is 0.291. The highest BCUT2D eigenvalue weighted by Crippen LogP contribution is 2.37. The summed E-state index contributed by atoms with van der Waals surface area (Å²) < 4.78 is 11.6. The van der Waals surface area contributed by atoms with E-state index in [4.69, 9.17) is 9.16 Å². The molecular weight excluding hydrogens is 242 g/mol. The predicted octanol–water partition coefficient (Wildman–Crippen LogP) is 3.85. The summed E-state index contributed by atoms with van der Waals surface area (Å²) in [6.07, 6.45) is 2.11. The topological polar surface area (TPSA) is 30.8 Å².